The van der Waals surface area contributed by atoms with Crippen molar-refractivity contribution in [2.45, 2.75) is 38.5 Å². The molecule has 1 aliphatic heterocycles. The minimum atomic E-state index is 0.653. The highest BCUT2D eigenvalue weighted by molar-refractivity contribution is 8.02. The largest absolute Gasteiger partial charge is 0.378 e. The Labute approximate surface area is 73.6 Å². The summed E-state index contributed by atoms with van der Waals surface area (Å²) in [6.07, 6.45) is 6.01. The third-order valence-corrected chi connectivity index (χ3v) is 3.27. The molecule has 1 heterocycles. The Hall–Kier alpha value is -0.110. The van der Waals surface area contributed by atoms with Gasteiger partial charge in [0.05, 0.1) is 5.37 Å². The van der Waals surface area contributed by atoms with Crippen molar-refractivity contribution in [3.63, 3.8) is 0 Å². The van der Waals surface area contributed by atoms with Crippen molar-refractivity contribution in [2.24, 2.45) is 5.92 Å². The third-order valence-electron chi connectivity index (χ3n) is 2.17. The van der Waals surface area contributed by atoms with E-state index in [1.54, 1.807) is 0 Å². The molecule has 1 rings (SSSR count). The van der Waals surface area contributed by atoms with Crippen molar-refractivity contribution in [1.29, 1.82) is 0 Å². The first-order chi connectivity index (χ1) is 5.38. The first-order valence-corrected chi connectivity index (χ1v) is 5.39. The number of rotatable bonds is 4. The lowest BCUT2D eigenvalue weighted by Crippen LogP contribution is -2.25. The normalized spacial score (nSPS) is 25.1. The lowest BCUT2D eigenvalue weighted by atomic mass is 10.0. The highest BCUT2D eigenvalue weighted by Crippen LogP contribution is 2.27. The number of hydrogen-bond acceptors (Lipinski definition) is 2. The Morgan fingerprint density at radius 2 is 2.36 bits per heavy atom. The Balaban J connectivity index is 2.29. The molecule has 1 nitrogen and oxygen atoms in total. The van der Waals surface area contributed by atoms with Gasteiger partial charge in [-0.1, -0.05) is 26.7 Å². The lowest BCUT2D eigenvalue weighted by molar-refractivity contribution is 0.429. The van der Waals surface area contributed by atoms with Crippen molar-refractivity contribution in [2.75, 3.05) is 0 Å². The predicted molar refractivity (Wildman–Crippen MR) is 52.3 cm³/mol. The van der Waals surface area contributed by atoms with Crippen LogP contribution in [0.2, 0.25) is 0 Å². The molecule has 0 fully saturated rings. The maximum atomic E-state index is 3.37. The quantitative estimate of drug-likeness (QED) is 0.698. The average Bonchev–Trinajstić information content (AvgIpc) is 2.52. The summed E-state index contributed by atoms with van der Waals surface area (Å²) in [5.41, 5.74) is 0. The first-order valence-electron chi connectivity index (χ1n) is 4.45. The van der Waals surface area contributed by atoms with Crippen LogP contribution < -0.4 is 5.32 Å². The van der Waals surface area contributed by atoms with Crippen LogP contribution in [-0.2, 0) is 0 Å². The smallest absolute Gasteiger partial charge is 0.0786 e. The topological polar surface area (TPSA) is 12.0 Å². The maximum absolute atomic E-state index is 3.37. The standard InChI is InChI=1S/C9H17NS/c1-3-5-8(4-2)9-10-6-7-11-9/h6-10H,3-5H2,1-2H3. The van der Waals surface area contributed by atoms with Crippen LogP contribution in [0.15, 0.2) is 11.6 Å². The van der Waals surface area contributed by atoms with Gasteiger partial charge in [0.25, 0.3) is 0 Å². The molecule has 0 aromatic rings. The predicted octanol–water partition coefficient (Wildman–Crippen LogP) is 2.95. The highest BCUT2D eigenvalue weighted by atomic mass is 32.2. The monoisotopic (exact) mass is 171 g/mol. The molecule has 0 radical (unpaired) electrons. The van der Waals surface area contributed by atoms with Crippen molar-refractivity contribution in [3.8, 4) is 0 Å². The molecule has 2 heteroatoms. The van der Waals surface area contributed by atoms with Crippen molar-refractivity contribution < 1.29 is 0 Å². The van der Waals surface area contributed by atoms with Crippen LogP contribution in [0.5, 0.6) is 0 Å². The molecule has 0 bridgehead atoms. The van der Waals surface area contributed by atoms with E-state index in [1.165, 1.54) is 19.3 Å². The maximum Gasteiger partial charge on any atom is 0.0786 e. The SMILES string of the molecule is CCCC(CC)C1NC=CS1. The molecule has 0 amide bonds. The fraction of sp³-hybridized carbons (Fsp3) is 0.778. The lowest BCUT2D eigenvalue weighted by Gasteiger charge is -2.20. The van der Waals surface area contributed by atoms with Crippen LogP contribution in [-0.4, -0.2) is 5.37 Å². The summed E-state index contributed by atoms with van der Waals surface area (Å²) < 4.78 is 0. The Bertz CT molecular complexity index is 126. The fourth-order valence-electron chi connectivity index (χ4n) is 1.48. The molecule has 11 heavy (non-hydrogen) atoms. The molecule has 0 aromatic carbocycles. The summed E-state index contributed by atoms with van der Waals surface area (Å²) in [6, 6.07) is 0. The number of hydrogen-bond donors (Lipinski definition) is 1. The Kier molecular flexibility index (Phi) is 3.84. The molecular formula is C9H17NS. The molecule has 0 aliphatic carbocycles. The van der Waals surface area contributed by atoms with Gasteiger partial charge >= 0.3 is 0 Å². The summed E-state index contributed by atoms with van der Waals surface area (Å²) in [5.74, 6) is 0.847. The molecule has 0 saturated carbocycles. The zero-order chi connectivity index (χ0) is 8.10. The van der Waals surface area contributed by atoms with Crippen LogP contribution in [0, 0.1) is 5.92 Å². The minimum Gasteiger partial charge on any atom is -0.378 e. The molecule has 1 aliphatic rings. The van der Waals surface area contributed by atoms with E-state index in [2.05, 4.69) is 30.8 Å². The molecule has 1 N–H and O–H groups in total. The van der Waals surface area contributed by atoms with Gasteiger partial charge in [-0.15, -0.1) is 11.8 Å². The summed E-state index contributed by atoms with van der Waals surface area (Å²) >= 11 is 1.92. The van der Waals surface area contributed by atoms with Gasteiger partial charge in [-0.25, -0.2) is 0 Å². The molecule has 0 saturated heterocycles. The molecule has 0 aromatic heterocycles. The third kappa shape index (κ3) is 2.44. The van der Waals surface area contributed by atoms with Crippen LogP contribution in [0.4, 0.5) is 0 Å². The summed E-state index contributed by atoms with van der Waals surface area (Å²) in [4.78, 5) is 0. The fourth-order valence-corrected chi connectivity index (χ4v) is 2.52. The van der Waals surface area contributed by atoms with Crippen molar-refractivity contribution >= 4 is 11.8 Å². The zero-order valence-electron chi connectivity index (χ0n) is 7.34. The summed E-state index contributed by atoms with van der Waals surface area (Å²) in [5, 5.41) is 6.18. The van der Waals surface area contributed by atoms with E-state index in [1.807, 2.05) is 11.8 Å². The van der Waals surface area contributed by atoms with Gasteiger partial charge in [-0.3, -0.25) is 0 Å². The molecule has 0 spiro atoms. The van der Waals surface area contributed by atoms with Crippen molar-refractivity contribution in [3.05, 3.63) is 11.6 Å². The number of thioether (sulfide) groups is 1. The van der Waals surface area contributed by atoms with Gasteiger partial charge < -0.3 is 5.32 Å². The second-order valence-corrected chi connectivity index (χ2v) is 4.04. The van der Waals surface area contributed by atoms with Crippen LogP contribution >= 0.6 is 11.8 Å². The van der Waals surface area contributed by atoms with E-state index in [0.29, 0.717) is 5.37 Å². The summed E-state index contributed by atoms with van der Waals surface area (Å²) in [6.45, 7) is 4.54. The van der Waals surface area contributed by atoms with Crippen LogP contribution in [0.1, 0.15) is 33.1 Å². The van der Waals surface area contributed by atoms with Crippen LogP contribution in [0.25, 0.3) is 0 Å². The van der Waals surface area contributed by atoms with Crippen LogP contribution in [0.3, 0.4) is 0 Å². The second kappa shape index (κ2) is 4.70. The Morgan fingerprint density at radius 3 is 2.82 bits per heavy atom. The average molecular weight is 171 g/mol. The second-order valence-electron chi connectivity index (χ2n) is 2.98. The molecular weight excluding hydrogens is 154 g/mol. The summed E-state index contributed by atoms with van der Waals surface area (Å²) in [7, 11) is 0. The van der Waals surface area contributed by atoms with Gasteiger partial charge in [0.2, 0.25) is 0 Å². The van der Waals surface area contributed by atoms with E-state index in [0.717, 1.165) is 5.92 Å². The van der Waals surface area contributed by atoms with Gasteiger partial charge in [-0.2, -0.15) is 0 Å². The van der Waals surface area contributed by atoms with E-state index in [9.17, 15) is 0 Å². The first kappa shape index (κ1) is 8.98. The molecule has 64 valence electrons. The van der Waals surface area contributed by atoms with Crippen molar-refractivity contribution in [1.82, 2.24) is 5.32 Å². The number of nitrogens with one attached hydrogen (secondary N) is 1. The highest BCUT2D eigenvalue weighted by Gasteiger charge is 2.19. The van der Waals surface area contributed by atoms with Gasteiger partial charge in [0.15, 0.2) is 0 Å². The van der Waals surface area contributed by atoms with E-state index in [4.69, 9.17) is 0 Å². The Morgan fingerprint density at radius 1 is 1.55 bits per heavy atom. The zero-order valence-corrected chi connectivity index (χ0v) is 8.16. The van der Waals surface area contributed by atoms with Gasteiger partial charge in [0, 0.05) is 6.20 Å². The van der Waals surface area contributed by atoms with E-state index in [-0.39, 0.29) is 0 Å². The van der Waals surface area contributed by atoms with E-state index >= 15 is 0 Å². The molecule has 2 unspecified atom stereocenters. The van der Waals surface area contributed by atoms with Gasteiger partial charge in [0.1, 0.15) is 0 Å². The minimum absolute atomic E-state index is 0.653. The molecule has 2 atom stereocenters. The van der Waals surface area contributed by atoms with E-state index < -0.39 is 0 Å². The van der Waals surface area contributed by atoms with Gasteiger partial charge in [-0.05, 0) is 17.7 Å².